The Morgan fingerprint density at radius 1 is 1.33 bits per heavy atom. The second-order valence-corrected chi connectivity index (χ2v) is 4.11. The lowest BCUT2D eigenvalue weighted by Gasteiger charge is -2.05. The lowest BCUT2D eigenvalue weighted by atomic mass is 10.3. The summed E-state index contributed by atoms with van der Waals surface area (Å²) in [5, 5.41) is 14.9. The first-order valence-electron chi connectivity index (χ1n) is 5.95. The summed E-state index contributed by atoms with van der Waals surface area (Å²) in [5.74, 6) is -1.49. The average Bonchev–Trinajstić information content (AvgIpc) is 2.84. The Balaban J connectivity index is 1.82. The summed E-state index contributed by atoms with van der Waals surface area (Å²) in [5.41, 5.74) is 0.365. The van der Waals surface area contributed by atoms with E-state index < -0.39 is 17.7 Å². The van der Waals surface area contributed by atoms with Crippen molar-refractivity contribution in [1.29, 1.82) is 0 Å². The number of carboxylic acids is 1. The first-order valence-corrected chi connectivity index (χ1v) is 5.95. The average molecular weight is 293 g/mol. The quantitative estimate of drug-likeness (QED) is 0.832. The van der Waals surface area contributed by atoms with Gasteiger partial charge in [0.25, 0.3) is 5.91 Å². The van der Waals surface area contributed by atoms with Gasteiger partial charge in [-0.15, -0.1) is 0 Å². The molecule has 0 aliphatic rings. The monoisotopic (exact) mass is 293 g/mol. The highest BCUT2D eigenvalue weighted by Gasteiger charge is 2.07. The second-order valence-electron chi connectivity index (χ2n) is 4.11. The molecule has 0 fully saturated rings. The van der Waals surface area contributed by atoms with Crippen LogP contribution in [-0.4, -0.2) is 33.4 Å². The van der Waals surface area contributed by atoms with Crippen molar-refractivity contribution in [3.63, 3.8) is 0 Å². The van der Waals surface area contributed by atoms with E-state index in [1.54, 1.807) is 0 Å². The summed E-state index contributed by atoms with van der Waals surface area (Å²) < 4.78 is 19.0. The molecule has 8 heteroatoms. The minimum absolute atomic E-state index is 0.254. The number of nitrogens with one attached hydrogen (secondary N) is 1. The SMILES string of the molecule is O=C(O)Cn1cc(NC(=O)COc2ccc(F)cc2)cn1. The van der Waals surface area contributed by atoms with Crippen molar-refractivity contribution in [2.45, 2.75) is 6.54 Å². The van der Waals surface area contributed by atoms with Crippen LogP contribution in [-0.2, 0) is 16.1 Å². The van der Waals surface area contributed by atoms with Crippen LogP contribution in [0.25, 0.3) is 0 Å². The molecule has 2 aromatic rings. The van der Waals surface area contributed by atoms with Crippen LogP contribution in [0.1, 0.15) is 0 Å². The number of nitrogens with zero attached hydrogens (tertiary/aromatic N) is 2. The highest BCUT2D eigenvalue weighted by atomic mass is 19.1. The van der Waals surface area contributed by atoms with E-state index in [2.05, 4.69) is 10.4 Å². The van der Waals surface area contributed by atoms with Crippen LogP contribution in [0.15, 0.2) is 36.7 Å². The van der Waals surface area contributed by atoms with Crippen LogP contribution >= 0.6 is 0 Å². The van der Waals surface area contributed by atoms with E-state index in [0.29, 0.717) is 11.4 Å². The molecule has 2 N–H and O–H groups in total. The second kappa shape index (κ2) is 6.51. The van der Waals surface area contributed by atoms with Gasteiger partial charge < -0.3 is 15.2 Å². The molecule has 0 atom stereocenters. The number of aliphatic carboxylic acids is 1. The van der Waals surface area contributed by atoms with Gasteiger partial charge in [0.05, 0.1) is 11.9 Å². The fraction of sp³-hybridized carbons (Fsp3) is 0.154. The Morgan fingerprint density at radius 3 is 2.71 bits per heavy atom. The first kappa shape index (κ1) is 14.5. The van der Waals surface area contributed by atoms with Crippen LogP contribution < -0.4 is 10.1 Å². The highest BCUT2D eigenvalue weighted by molar-refractivity contribution is 5.91. The van der Waals surface area contributed by atoms with Gasteiger partial charge in [0.15, 0.2) is 6.61 Å². The van der Waals surface area contributed by atoms with Crippen LogP contribution in [0.2, 0.25) is 0 Å². The van der Waals surface area contributed by atoms with Crippen molar-refractivity contribution in [3.8, 4) is 5.75 Å². The lowest BCUT2D eigenvalue weighted by Crippen LogP contribution is -2.19. The van der Waals surface area contributed by atoms with Crippen molar-refractivity contribution < 1.29 is 23.8 Å². The summed E-state index contributed by atoms with van der Waals surface area (Å²) >= 11 is 0. The van der Waals surface area contributed by atoms with Crippen molar-refractivity contribution in [2.24, 2.45) is 0 Å². The van der Waals surface area contributed by atoms with Crippen LogP contribution in [0.3, 0.4) is 0 Å². The van der Waals surface area contributed by atoms with Gasteiger partial charge in [0, 0.05) is 6.20 Å². The number of halogens is 1. The Bertz CT molecular complexity index is 639. The maximum absolute atomic E-state index is 12.7. The van der Waals surface area contributed by atoms with Crippen LogP contribution in [0.5, 0.6) is 5.75 Å². The van der Waals surface area contributed by atoms with E-state index in [9.17, 15) is 14.0 Å². The van der Waals surface area contributed by atoms with Gasteiger partial charge in [-0.1, -0.05) is 0 Å². The molecular formula is C13H12FN3O4. The Labute approximate surface area is 119 Å². The predicted octanol–water partition coefficient (Wildman–Crippen LogP) is 1.12. The van der Waals surface area contributed by atoms with Gasteiger partial charge >= 0.3 is 5.97 Å². The standard InChI is InChI=1S/C13H12FN3O4/c14-9-1-3-11(4-2-9)21-8-12(18)16-10-5-15-17(6-10)7-13(19)20/h1-6H,7-8H2,(H,16,18)(H,19,20). The van der Waals surface area contributed by atoms with E-state index in [1.807, 2.05) is 0 Å². The van der Waals surface area contributed by atoms with E-state index >= 15 is 0 Å². The summed E-state index contributed by atoms with van der Waals surface area (Å²) in [6.45, 7) is -0.544. The molecule has 0 aliphatic heterocycles. The number of aromatic nitrogens is 2. The Morgan fingerprint density at radius 2 is 2.05 bits per heavy atom. The molecule has 0 saturated carbocycles. The molecule has 0 radical (unpaired) electrons. The number of rotatable bonds is 6. The summed E-state index contributed by atoms with van der Waals surface area (Å²) in [7, 11) is 0. The Hall–Kier alpha value is -2.90. The number of amides is 1. The number of hydrogen-bond acceptors (Lipinski definition) is 4. The molecule has 0 spiro atoms. The number of ether oxygens (including phenoxy) is 1. The molecule has 0 unspecified atom stereocenters. The van der Waals surface area contributed by atoms with E-state index in [-0.39, 0.29) is 13.2 Å². The normalized spacial score (nSPS) is 10.1. The maximum atomic E-state index is 12.7. The van der Waals surface area contributed by atoms with E-state index in [1.165, 1.54) is 41.3 Å². The van der Waals surface area contributed by atoms with Crippen molar-refractivity contribution in [2.75, 3.05) is 11.9 Å². The van der Waals surface area contributed by atoms with E-state index in [4.69, 9.17) is 9.84 Å². The minimum atomic E-state index is -1.03. The molecule has 0 saturated heterocycles. The molecule has 1 amide bonds. The summed E-state index contributed by atoms with van der Waals surface area (Å²) in [6, 6.07) is 5.27. The Kier molecular flexibility index (Phi) is 4.50. The fourth-order valence-electron chi connectivity index (χ4n) is 1.53. The summed E-state index contributed by atoms with van der Waals surface area (Å²) in [4.78, 5) is 22.1. The number of carbonyl (C=O) groups excluding carboxylic acids is 1. The van der Waals surface area contributed by atoms with Crippen LogP contribution in [0.4, 0.5) is 10.1 Å². The molecule has 110 valence electrons. The highest BCUT2D eigenvalue weighted by Crippen LogP contribution is 2.11. The molecule has 2 rings (SSSR count). The zero-order valence-corrected chi connectivity index (χ0v) is 10.8. The minimum Gasteiger partial charge on any atom is -0.484 e. The zero-order valence-electron chi connectivity index (χ0n) is 10.8. The smallest absolute Gasteiger partial charge is 0.325 e. The van der Waals surface area contributed by atoms with Gasteiger partial charge in [-0.25, -0.2) is 4.39 Å². The molecule has 7 nitrogen and oxygen atoms in total. The molecular weight excluding hydrogens is 281 g/mol. The van der Waals surface area contributed by atoms with Gasteiger partial charge in [-0.3, -0.25) is 14.3 Å². The number of anilines is 1. The van der Waals surface area contributed by atoms with Crippen molar-refractivity contribution >= 4 is 17.6 Å². The number of hydrogen-bond donors (Lipinski definition) is 2. The third-order valence-corrected chi connectivity index (χ3v) is 2.40. The van der Waals surface area contributed by atoms with Gasteiger partial charge in [-0.05, 0) is 24.3 Å². The number of carbonyl (C=O) groups is 2. The number of carboxylic acid groups (broad SMARTS) is 1. The molecule has 1 aromatic carbocycles. The fourth-order valence-corrected chi connectivity index (χ4v) is 1.53. The van der Waals surface area contributed by atoms with Crippen molar-refractivity contribution in [1.82, 2.24) is 9.78 Å². The molecule has 21 heavy (non-hydrogen) atoms. The zero-order chi connectivity index (χ0) is 15.2. The molecule has 1 aromatic heterocycles. The van der Waals surface area contributed by atoms with Gasteiger partial charge in [0.2, 0.25) is 0 Å². The first-order chi connectivity index (χ1) is 10.0. The third kappa shape index (κ3) is 4.60. The largest absolute Gasteiger partial charge is 0.484 e. The molecule has 0 bridgehead atoms. The van der Waals surface area contributed by atoms with Gasteiger partial charge in [0.1, 0.15) is 18.1 Å². The van der Waals surface area contributed by atoms with Crippen molar-refractivity contribution in [3.05, 3.63) is 42.5 Å². The summed E-state index contributed by atoms with van der Waals surface area (Å²) in [6.07, 6.45) is 2.72. The topological polar surface area (TPSA) is 93.5 Å². The molecule has 1 heterocycles. The third-order valence-electron chi connectivity index (χ3n) is 2.40. The maximum Gasteiger partial charge on any atom is 0.325 e. The van der Waals surface area contributed by atoms with Crippen LogP contribution in [0, 0.1) is 5.82 Å². The lowest BCUT2D eigenvalue weighted by molar-refractivity contribution is -0.137. The number of benzene rings is 1. The predicted molar refractivity (Wildman–Crippen MR) is 70.4 cm³/mol. The van der Waals surface area contributed by atoms with Gasteiger partial charge in [-0.2, -0.15) is 5.10 Å². The molecule has 0 aliphatic carbocycles. The van der Waals surface area contributed by atoms with E-state index in [0.717, 1.165) is 0 Å².